The minimum absolute atomic E-state index is 0.0796. The topological polar surface area (TPSA) is 115 Å². The van der Waals surface area contributed by atoms with Crippen LogP contribution in [-0.2, 0) is 32.3 Å². The zero-order valence-corrected chi connectivity index (χ0v) is 18.4. The van der Waals surface area contributed by atoms with Gasteiger partial charge in [-0.25, -0.2) is 8.42 Å². The Kier molecular flexibility index (Phi) is 6.66. The van der Waals surface area contributed by atoms with Crippen molar-refractivity contribution < 1.29 is 35.6 Å². The van der Waals surface area contributed by atoms with Crippen molar-refractivity contribution in [3.63, 3.8) is 0 Å². The third-order valence-electron chi connectivity index (χ3n) is 5.32. The summed E-state index contributed by atoms with van der Waals surface area (Å²) in [6, 6.07) is 7.48. The van der Waals surface area contributed by atoms with E-state index >= 15 is 0 Å². The maximum Gasteiger partial charge on any atom is 0.417 e. The molecular formula is C21H19F3N4O5S. The van der Waals surface area contributed by atoms with E-state index in [4.69, 9.17) is 9.26 Å². The molecule has 0 unspecified atom stereocenters. The van der Waals surface area contributed by atoms with Gasteiger partial charge in [0.25, 0.3) is 5.89 Å². The molecule has 0 aliphatic carbocycles. The second-order valence-electron chi connectivity index (χ2n) is 7.53. The van der Waals surface area contributed by atoms with Crippen LogP contribution in [0, 0.1) is 5.92 Å². The highest BCUT2D eigenvalue weighted by Crippen LogP contribution is 2.36. The number of hydrogen-bond donors (Lipinski definition) is 0. The first-order valence-electron chi connectivity index (χ1n) is 10.2. The first-order valence-corrected chi connectivity index (χ1v) is 11.7. The minimum Gasteiger partial charge on any atom is -0.455 e. The average Bonchev–Trinajstić information content (AvgIpc) is 3.32. The second-order valence-corrected chi connectivity index (χ2v) is 9.44. The smallest absolute Gasteiger partial charge is 0.417 e. The van der Waals surface area contributed by atoms with Crippen molar-refractivity contribution in [1.29, 1.82) is 0 Å². The average molecular weight is 496 g/mol. The van der Waals surface area contributed by atoms with Crippen molar-refractivity contribution >= 4 is 16.0 Å². The summed E-state index contributed by atoms with van der Waals surface area (Å²) >= 11 is 0. The second kappa shape index (κ2) is 9.50. The molecule has 2 aromatic heterocycles. The molecule has 0 spiro atoms. The van der Waals surface area contributed by atoms with Gasteiger partial charge >= 0.3 is 12.1 Å². The highest BCUT2D eigenvalue weighted by atomic mass is 32.2. The lowest BCUT2D eigenvalue weighted by molar-refractivity contribution is -0.152. The molecule has 180 valence electrons. The normalized spacial score (nSPS) is 15.9. The Balaban J connectivity index is 1.34. The van der Waals surface area contributed by atoms with Crippen LogP contribution in [-0.4, -0.2) is 46.9 Å². The van der Waals surface area contributed by atoms with E-state index in [-0.39, 0.29) is 44.3 Å². The van der Waals surface area contributed by atoms with Gasteiger partial charge in [0.05, 0.1) is 16.4 Å². The van der Waals surface area contributed by atoms with Gasteiger partial charge < -0.3 is 9.26 Å². The van der Waals surface area contributed by atoms with Crippen LogP contribution in [0.5, 0.6) is 0 Å². The van der Waals surface area contributed by atoms with E-state index < -0.39 is 38.5 Å². The zero-order valence-electron chi connectivity index (χ0n) is 17.6. The standard InChI is InChI=1S/C21H19F3N4O5S/c22-21(23,24)16-5-1-2-6-17(16)34(30,31)28-10-7-14(8-11-28)20(29)32-13-18-26-19(27-33-18)15-4-3-9-25-12-15/h1-6,9,12,14H,7-8,10-11,13H2. The molecule has 1 aliphatic heterocycles. The van der Waals surface area contributed by atoms with E-state index in [1.54, 1.807) is 24.5 Å². The molecule has 9 nitrogen and oxygen atoms in total. The molecule has 13 heteroatoms. The molecule has 0 saturated carbocycles. The van der Waals surface area contributed by atoms with Gasteiger partial charge in [-0.05, 0) is 37.1 Å². The lowest BCUT2D eigenvalue weighted by Gasteiger charge is -2.30. The van der Waals surface area contributed by atoms with Gasteiger partial charge in [0, 0.05) is 31.0 Å². The summed E-state index contributed by atoms with van der Waals surface area (Å²) in [6.45, 7) is -0.483. The summed E-state index contributed by atoms with van der Waals surface area (Å²) in [5, 5.41) is 3.80. The maximum atomic E-state index is 13.3. The number of nitrogens with zero attached hydrogens (tertiary/aromatic N) is 4. The van der Waals surface area contributed by atoms with Gasteiger partial charge in [-0.15, -0.1) is 0 Å². The summed E-state index contributed by atoms with van der Waals surface area (Å²) in [5.41, 5.74) is -0.591. The Bertz CT molecular complexity index is 1260. The number of hydrogen-bond acceptors (Lipinski definition) is 8. The van der Waals surface area contributed by atoms with Crippen LogP contribution in [0.15, 0.2) is 58.2 Å². The molecule has 1 saturated heterocycles. The van der Waals surface area contributed by atoms with Crippen LogP contribution in [0.4, 0.5) is 13.2 Å². The van der Waals surface area contributed by atoms with Crippen molar-refractivity contribution in [1.82, 2.24) is 19.4 Å². The fraction of sp³-hybridized carbons (Fsp3) is 0.333. The molecule has 34 heavy (non-hydrogen) atoms. The molecule has 0 amide bonds. The van der Waals surface area contributed by atoms with Crippen LogP contribution >= 0.6 is 0 Å². The van der Waals surface area contributed by atoms with E-state index in [0.717, 1.165) is 22.5 Å². The van der Waals surface area contributed by atoms with Gasteiger partial charge in [-0.3, -0.25) is 9.78 Å². The maximum absolute atomic E-state index is 13.3. The monoisotopic (exact) mass is 496 g/mol. The fourth-order valence-corrected chi connectivity index (χ4v) is 5.26. The summed E-state index contributed by atoms with van der Waals surface area (Å²) < 4.78 is 76.7. The molecule has 1 fully saturated rings. The Labute approximate surface area is 192 Å². The molecule has 3 heterocycles. The zero-order chi connectivity index (χ0) is 24.3. The largest absolute Gasteiger partial charge is 0.455 e. The molecule has 4 rings (SSSR count). The first-order chi connectivity index (χ1) is 16.2. The minimum atomic E-state index is -4.81. The highest BCUT2D eigenvalue weighted by Gasteiger charge is 2.40. The molecule has 3 aromatic rings. The van der Waals surface area contributed by atoms with Crippen molar-refractivity contribution in [3.05, 3.63) is 60.2 Å². The van der Waals surface area contributed by atoms with Crippen LogP contribution in [0.3, 0.4) is 0 Å². The van der Waals surface area contributed by atoms with Crippen molar-refractivity contribution in [2.24, 2.45) is 5.92 Å². The van der Waals surface area contributed by atoms with Crippen molar-refractivity contribution in [2.45, 2.75) is 30.5 Å². The van der Waals surface area contributed by atoms with E-state index in [0.29, 0.717) is 5.56 Å². The molecular weight excluding hydrogens is 477 g/mol. The van der Waals surface area contributed by atoms with E-state index in [1.807, 2.05) is 0 Å². The number of sulfonamides is 1. The van der Waals surface area contributed by atoms with Gasteiger partial charge in [-0.1, -0.05) is 17.3 Å². The number of ether oxygens (including phenoxy) is 1. The third-order valence-corrected chi connectivity index (χ3v) is 7.28. The van der Waals surface area contributed by atoms with Crippen LogP contribution in [0.25, 0.3) is 11.4 Å². The van der Waals surface area contributed by atoms with Crippen LogP contribution in [0.2, 0.25) is 0 Å². The van der Waals surface area contributed by atoms with Gasteiger partial charge in [0.1, 0.15) is 0 Å². The van der Waals surface area contributed by atoms with E-state index in [9.17, 15) is 26.4 Å². The number of pyridine rings is 1. The number of piperidine rings is 1. The third kappa shape index (κ3) is 5.09. The van der Waals surface area contributed by atoms with Crippen LogP contribution < -0.4 is 0 Å². The van der Waals surface area contributed by atoms with Crippen molar-refractivity contribution in [3.8, 4) is 11.4 Å². The van der Waals surface area contributed by atoms with Crippen LogP contribution in [0.1, 0.15) is 24.3 Å². The van der Waals surface area contributed by atoms with Gasteiger partial charge in [-0.2, -0.15) is 22.5 Å². The molecule has 1 aliphatic rings. The molecule has 0 bridgehead atoms. The number of halogens is 3. The van der Waals surface area contributed by atoms with Gasteiger partial charge in [0.2, 0.25) is 15.8 Å². The highest BCUT2D eigenvalue weighted by molar-refractivity contribution is 7.89. The number of alkyl halides is 3. The number of aromatic nitrogens is 3. The fourth-order valence-electron chi connectivity index (χ4n) is 3.57. The van der Waals surface area contributed by atoms with Gasteiger partial charge in [0.15, 0.2) is 6.61 Å². The summed E-state index contributed by atoms with van der Waals surface area (Å²) in [7, 11) is -4.38. The number of benzene rings is 1. The first kappa shape index (κ1) is 23.8. The SMILES string of the molecule is O=C(OCc1nc(-c2cccnc2)no1)C1CCN(S(=O)(=O)c2ccccc2C(F)(F)F)CC1. The van der Waals surface area contributed by atoms with E-state index in [1.165, 1.54) is 6.07 Å². The summed E-state index contributed by atoms with van der Waals surface area (Å²) in [4.78, 5) is 19.7. The number of rotatable bonds is 6. The Morgan fingerprint density at radius 1 is 1.15 bits per heavy atom. The predicted octanol–water partition coefficient (Wildman–Crippen LogP) is 3.29. The molecule has 0 N–H and O–H groups in total. The number of carbonyl (C=O) groups excluding carboxylic acids is 1. The Hall–Kier alpha value is -3.32. The van der Waals surface area contributed by atoms with Crippen molar-refractivity contribution in [2.75, 3.05) is 13.1 Å². The quantitative estimate of drug-likeness (QED) is 0.478. The predicted molar refractivity (Wildman–Crippen MR) is 110 cm³/mol. The lowest BCUT2D eigenvalue weighted by Crippen LogP contribution is -2.41. The summed E-state index contributed by atoms with van der Waals surface area (Å²) in [5.74, 6) is -0.813. The Morgan fingerprint density at radius 3 is 2.56 bits per heavy atom. The molecule has 1 aromatic carbocycles. The lowest BCUT2D eigenvalue weighted by atomic mass is 9.98. The summed E-state index contributed by atoms with van der Waals surface area (Å²) in [6.07, 6.45) is -1.45. The molecule has 0 radical (unpaired) electrons. The molecule has 0 atom stereocenters. The Morgan fingerprint density at radius 2 is 1.88 bits per heavy atom. The number of esters is 1. The number of carbonyl (C=O) groups is 1. The van der Waals surface area contributed by atoms with E-state index in [2.05, 4.69) is 15.1 Å².